The Morgan fingerprint density at radius 2 is 1.54 bits per heavy atom. The van der Waals surface area contributed by atoms with Crippen LogP contribution in [-0.2, 0) is 14.8 Å². The molecule has 24 heavy (non-hydrogen) atoms. The minimum absolute atomic E-state index is 0.0871. The Morgan fingerprint density at radius 1 is 1.04 bits per heavy atom. The lowest BCUT2D eigenvalue weighted by Gasteiger charge is -2.35. The van der Waals surface area contributed by atoms with E-state index in [9.17, 15) is 23.1 Å². The summed E-state index contributed by atoms with van der Waals surface area (Å²) in [6.45, 7) is 1.28. The van der Waals surface area contributed by atoms with Crippen LogP contribution in [0.2, 0.25) is 0 Å². The first-order chi connectivity index (χ1) is 11.2. The predicted molar refractivity (Wildman–Crippen MR) is 88.1 cm³/mol. The number of phenols is 1. The summed E-state index contributed by atoms with van der Waals surface area (Å²) in [6, 6.07) is 5.97. The Bertz CT molecular complexity index is 707. The molecule has 0 saturated carbocycles. The van der Waals surface area contributed by atoms with Crippen LogP contribution >= 0.6 is 0 Å². The quantitative estimate of drug-likeness (QED) is 0.790. The summed E-state index contributed by atoms with van der Waals surface area (Å²) >= 11 is 0. The summed E-state index contributed by atoms with van der Waals surface area (Å²) in [6.07, 6.45) is 0. The van der Waals surface area contributed by atoms with Gasteiger partial charge in [-0.2, -0.15) is 0 Å². The maximum Gasteiger partial charge on any atom is 0.253 e. The molecule has 1 aliphatic heterocycles. The van der Waals surface area contributed by atoms with Gasteiger partial charge in [-0.1, -0.05) is 0 Å². The summed E-state index contributed by atoms with van der Waals surface area (Å²) in [4.78, 5) is 27.5. The number of amides is 2. The van der Waals surface area contributed by atoms with Crippen molar-refractivity contribution in [1.82, 2.24) is 14.1 Å². The van der Waals surface area contributed by atoms with E-state index in [4.69, 9.17) is 0 Å². The first-order valence-corrected chi connectivity index (χ1v) is 9.08. The lowest BCUT2D eigenvalue weighted by atomic mass is 10.1. The lowest BCUT2D eigenvalue weighted by molar-refractivity contribution is -0.129. The molecule has 8 nitrogen and oxygen atoms in total. The second-order valence-electron chi connectivity index (χ2n) is 5.76. The summed E-state index contributed by atoms with van der Waals surface area (Å²) in [5.41, 5.74) is 0.461. The fourth-order valence-electron chi connectivity index (χ4n) is 2.32. The number of sulfonamides is 1. The number of nitrogens with zero attached hydrogens (tertiary/aromatic N) is 3. The van der Waals surface area contributed by atoms with Gasteiger partial charge in [-0.3, -0.25) is 9.59 Å². The number of hydrogen-bond donors (Lipinski definition) is 1. The zero-order valence-electron chi connectivity index (χ0n) is 13.7. The fraction of sp³-hybridized carbons (Fsp3) is 0.467. The molecule has 1 aromatic carbocycles. The van der Waals surface area contributed by atoms with Crippen LogP contribution in [0.3, 0.4) is 0 Å². The highest BCUT2D eigenvalue weighted by Gasteiger charge is 2.28. The largest absolute Gasteiger partial charge is 0.508 e. The number of piperazine rings is 1. The molecule has 1 N–H and O–H groups in total. The Labute approximate surface area is 141 Å². The van der Waals surface area contributed by atoms with Crippen molar-refractivity contribution < 1.29 is 23.1 Å². The van der Waals surface area contributed by atoms with Gasteiger partial charge in [0, 0.05) is 45.8 Å². The predicted octanol–water partition coefficient (Wildman–Crippen LogP) is -0.432. The van der Waals surface area contributed by atoms with Crippen molar-refractivity contribution in [3.8, 4) is 5.75 Å². The molecule has 9 heteroatoms. The van der Waals surface area contributed by atoms with Crippen LogP contribution in [0.15, 0.2) is 24.3 Å². The van der Waals surface area contributed by atoms with E-state index in [1.54, 1.807) is 17.0 Å². The van der Waals surface area contributed by atoms with E-state index in [0.717, 1.165) is 4.31 Å². The molecule has 0 bridgehead atoms. The van der Waals surface area contributed by atoms with Gasteiger partial charge in [0.25, 0.3) is 5.91 Å². The number of aromatic hydroxyl groups is 1. The van der Waals surface area contributed by atoms with Crippen LogP contribution < -0.4 is 0 Å². The summed E-state index contributed by atoms with van der Waals surface area (Å²) in [5.74, 6) is -1.11. The maximum atomic E-state index is 12.3. The van der Waals surface area contributed by atoms with Gasteiger partial charge in [0.2, 0.25) is 15.9 Å². The van der Waals surface area contributed by atoms with Crippen molar-refractivity contribution in [2.45, 2.75) is 0 Å². The molecular formula is C15H21N3O5S. The molecule has 1 aliphatic rings. The molecule has 0 unspecified atom stereocenters. The number of carbonyl (C=O) groups is 2. The zero-order chi connectivity index (χ0) is 17.9. The van der Waals surface area contributed by atoms with E-state index >= 15 is 0 Å². The van der Waals surface area contributed by atoms with Crippen molar-refractivity contribution in [3.05, 3.63) is 29.8 Å². The van der Waals surface area contributed by atoms with Crippen molar-refractivity contribution in [2.75, 3.05) is 46.0 Å². The summed E-state index contributed by atoms with van der Waals surface area (Å²) in [7, 11) is -0.814. The van der Waals surface area contributed by atoms with Crippen molar-refractivity contribution in [1.29, 1.82) is 0 Å². The number of rotatable bonds is 4. The van der Waals surface area contributed by atoms with E-state index in [1.807, 2.05) is 0 Å². The third kappa shape index (κ3) is 4.24. The van der Waals surface area contributed by atoms with Gasteiger partial charge < -0.3 is 14.9 Å². The summed E-state index contributed by atoms with van der Waals surface area (Å²) < 4.78 is 24.5. The Balaban J connectivity index is 1.92. The summed E-state index contributed by atoms with van der Waals surface area (Å²) in [5, 5.41) is 9.25. The molecule has 1 saturated heterocycles. The molecule has 0 aliphatic carbocycles. The van der Waals surface area contributed by atoms with E-state index in [-0.39, 0.29) is 11.7 Å². The monoisotopic (exact) mass is 355 g/mol. The van der Waals surface area contributed by atoms with Gasteiger partial charge in [0.05, 0.1) is 0 Å². The van der Waals surface area contributed by atoms with Crippen molar-refractivity contribution >= 4 is 21.8 Å². The van der Waals surface area contributed by atoms with Crippen LogP contribution in [0.4, 0.5) is 0 Å². The van der Waals surface area contributed by atoms with Crippen molar-refractivity contribution in [2.24, 2.45) is 0 Å². The van der Waals surface area contributed by atoms with E-state index in [0.29, 0.717) is 31.7 Å². The highest BCUT2D eigenvalue weighted by Crippen LogP contribution is 2.13. The maximum absolute atomic E-state index is 12.3. The third-order valence-corrected chi connectivity index (χ3v) is 5.62. The molecule has 132 valence electrons. The Morgan fingerprint density at radius 3 is 2.04 bits per heavy atom. The second-order valence-corrected chi connectivity index (χ2v) is 7.94. The van der Waals surface area contributed by atoms with Crippen LogP contribution in [0, 0.1) is 0 Å². The molecule has 0 radical (unpaired) electrons. The highest BCUT2D eigenvalue weighted by molar-refractivity contribution is 7.89. The van der Waals surface area contributed by atoms with Gasteiger partial charge in [0.15, 0.2) is 0 Å². The van der Waals surface area contributed by atoms with Crippen LogP contribution in [0.25, 0.3) is 0 Å². The van der Waals surface area contributed by atoms with Gasteiger partial charge in [0.1, 0.15) is 11.5 Å². The second kappa shape index (κ2) is 7.18. The van der Waals surface area contributed by atoms with Crippen molar-refractivity contribution in [3.63, 3.8) is 0 Å². The Hall–Kier alpha value is -2.13. The van der Waals surface area contributed by atoms with Gasteiger partial charge in [-0.05, 0) is 24.3 Å². The minimum Gasteiger partial charge on any atom is -0.508 e. The molecule has 0 aromatic heterocycles. The molecule has 2 rings (SSSR count). The molecule has 0 spiro atoms. The minimum atomic E-state index is -3.59. The van der Waals surface area contributed by atoms with Crippen LogP contribution in [0.5, 0.6) is 5.75 Å². The first kappa shape index (κ1) is 18.2. The molecule has 1 fully saturated rings. The van der Waals surface area contributed by atoms with Crippen LogP contribution in [-0.4, -0.2) is 85.5 Å². The lowest BCUT2D eigenvalue weighted by Crippen LogP contribution is -2.52. The number of benzene rings is 1. The first-order valence-electron chi connectivity index (χ1n) is 7.47. The highest BCUT2D eigenvalue weighted by atomic mass is 32.2. The standard InChI is InChI=1S/C15H21N3O5S/c1-16(2)24(22,23)11-14(20)17-7-9-18(10-8-17)15(21)12-3-5-13(19)6-4-12/h3-6,19H,7-11H2,1-2H3. The molecular weight excluding hydrogens is 334 g/mol. The number of hydrogen-bond acceptors (Lipinski definition) is 5. The molecule has 1 heterocycles. The molecule has 0 atom stereocenters. The zero-order valence-corrected chi connectivity index (χ0v) is 14.5. The van der Waals surface area contributed by atoms with Gasteiger partial charge >= 0.3 is 0 Å². The molecule has 2 amide bonds. The van der Waals surface area contributed by atoms with Gasteiger partial charge in [-0.25, -0.2) is 12.7 Å². The number of carbonyl (C=O) groups excluding carboxylic acids is 2. The Kier molecular flexibility index (Phi) is 5.45. The normalized spacial score (nSPS) is 15.6. The topological polar surface area (TPSA) is 98.2 Å². The van der Waals surface area contributed by atoms with E-state index in [1.165, 1.54) is 31.1 Å². The van der Waals surface area contributed by atoms with Crippen LogP contribution in [0.1, 0.15) is 10.4 Å². The SMILES string of the molecule is CN(C)S(=O)(=O)CC(=O)N1CCN(C(=O)c2ccc(O)cc2)CC1. The average molecular weight is 355 g/mol. The third-order valence-electron chi connectivity index (χ3n) is 3.90. The van der Waals surface area contributed by atoms with Gasteiger partial charge in [-0.15, -0.1) is 0 Å². The number of phenolic OH excluding ortho intramolecular Hbond substituents is 1. The van der Waals surface area contributed by atoms with E-state index < -0.39 is 21.7 Å². The molecule has 1 aromatic rings. The average Bonchev–Trinajstić information content (AvgIpc) is 2.54. The fourth-order valence-corrected chi connectivity index (χ4v) is 3.07. The van der Waals surface area contributed by atoms with E-state index in [2.05, 4.69) is 0 Å². The smallest absolute Gasteiger partial charge is 0.253 e.